The van der Waals surface area contributed by atoms with E-state index in [1.165, 1.54) is 36.4 Å². The van der Waals surface area contributed by atoms with Crippen molar-refractivity contribution < 1.29 is 23.0 Å². The van der Waals surface area contributed by atoms with Gasteiger partial charge in [0.15, 0.2) is 0 Å². The van der Waals surface area contributed by atoms with Crippen molar-refractivity contribution in [3.63, 3.8) is 0 Å². The molecule has 0 aliphatic heterocycles. The van der Waals surface area contributed by atoms with Gasteiger partial charge in [0.1, 0.15) is 17.6 Å². The predicted octanol–water partition coefficient (Wildman–Crippen LogP) is 3.83. The number of ether oxygens (including phenoxy) is 1. The van der Waals surface area contributed by atoms with Crippen LogP contribution in [0.5, 0.6) is 11.5 Å². The second kappa shape index (κ2) is 5.13. The number of phenolic OH excluding ortho intramolecular Hbond substituents is 1. The SMILES string of the molecule is N#Cc1cc(-c2ccc(OC(F)(F)F)cc2)ccc1O. The van der Waals surface area contributed by atoms with Crippen LogP contribution in [0.3, 0.4) is 0 Å². The predicted molar refractivity (Wildman–Crippen MR) is 64.9 cm³/mol. The highest BCUT2D eigenvalue weighted by atomic mass is 19.4. The third kappa shape index (κ3) is 3.20. The lowest BCUT2D eigenvalue weighted by Gasteiger charge is -2.09. The molecule has 0 aliphatic carbocycles. The molecule has 2 aromatic rings. The molecule has 3 nitrogen and oxygen atoms in total. The molecule has 0 atom stereocenters. The van der Waals surface area contributed by atoms with Crippen LogP contribution in [0.1, 0.15) is 5.56 Å². The summed E-state index contributed by atoms with van der Waals surface area (Å²) < 4.78 is 39.8. The molecule has 102 valence electrons. The lowest BCUT2D eigenvalue weighted by Crippen LogP contribution is -2.16. The number of alkyl halides is 3. The van der Waals surface area contributed by atoms with Gasteiger partial charge in [-0.25, -0.2) is 0 Å². The van der Waals surface area contributed by atoms with Crippen molar-refractivity contribution in [2.45, 2.75) is 6.36 Å². The van der Waals surface area contributed by atoms with E-state index in [9.17, 15) is 18.3 Å². The van der Waals surface area contributed by atoms with Crippen molar-refractivity contribution in [3.8, 4) is 28.7 Å². The second-order valence-corrected chi connectivity index (χ2v) is 3.92. The Labute approximate surface area is 112 Å². The van der Waals surface area contributed by atoms with Crippen LogP contribution in [0.25, 0.3) is 11.1 Å². The van der Waals surface area contributed by atoms with Gasteiger partial charge >= 0.3 is 6.36 Å². The van der Waals surface area contributed by atoms with Crippen LogP contribution in [-0.2, 0) is 0 Å². The number of hydrogen-bond acceptors (Lipinski definition) is 3. The molecule has 0 unspecified atom stereocenters. The molecule has 20 heavy (non-hydrogen) atoms. The molecule has 2 rings (SSSR count). The summed E-state index contributed by atoms with van der Waals surface area (Å²) in [6.07, 6.45) is -4.73. The van der Waals surface area contributed by atoms with Crippen LogP contribution < -0.4 is 4.74 Å². The molecule has 0 aromatic heterocycles. The minimum atomic E-state index is -4.73. The van der Waals surface area contributed by atoms with E-state index in [0.29, 0.717) is 11.1 Å². The van der Waals surface area contributed by atoms with Crippen LogP contribution >= 0.6 is 0 Å². The zero-order chi connectivity index (χ0) is 14.8. The van der Waals surface area contributed by atoms with Gasteiger partial charge in [-0.3, -0.25) is 0 Å². The molecule has 2 aromatic carbocycles. The minimum Gasteiger partial charge on any atom is -0.507 e. The van der Waals surface area contributed by atoms with Crippen LogP contribution in [0.4, 0.5) is 13.2 Å². The van der Waals surface area contributed by atoms with Gasteiger partial charge in [0.05, 0.1) is 5.56 Å². The van der Waals surface area contributed by atoms with Crippen molar-refractivity contribution in [1.82, 2.24) is 0 Å². The molecule has 0 bridgehead atoms. The van der Waals surface area contributed by atoms with Crippen molar-refractivity contribution in [3.05, 3.63) is 48.0 Å². The smallest absolute Gasteiger partial charge is 0.507 e. The molecule has 0 saturated carbocycles. The highest BCUT2D eigenvalue weighted by Gasteiger charge is 2.30. The van der Waals surface area contributed by atoms with Crippen molar-refractivity contribution in [2.75, 3.05) is 0 Å². The van der Waals surface area contributed by atoms with Gasteiger partial charge in [-0.2, -0.15) is 5.26 Å². The van der Waals surface area contributed by atoms with Gasteiger partial charge in [0.2, 0.25) is 0 Å². The number of aromatic hydroxyl groups is 1. The molecular weight excluding hydrogens is 271 g/mol. The Bertz CT molecular complexity index is 658. The molecule has 0 heterocycles. The van der Waals surface area contributed by atoms with E-state index in [2.05, 4.69) is 4.74 Å². The van der Waals surface area contributed by atoms with Gasteiger partial charge in [-0.1, -0.05) is 18.2 Å². The zero-order valence-electron chi connectivity index (χ0n) is 9.98. The molecule has 0 radical (unpaired) electrons. The van der Waals surface area contributed by atoms with Crippen molar-refractivity contribution in [1.29, 1.82) is 5.26 Å². The molecule has 0 aliphatic rings. The summed E-state index contributed by atoms with van der Waals surface area (Å²) >= 11 is 0. The summed E-state index contributed by atoms with van der Waals surface area (Å²) in [7, 11) is 0. The molecular formula is C14H8F3NO2. The van der Waals surface area contributed by atoms with Crippen molar-refractivity contribution in [2.24, 2.45) is 0 Å². The topological polar surface area (TPSA) is 53.2 Å². The first-order chi connectivity index (χ1) is 9.39. The second-order valence-electron chi connectivity index (χ2n) is 3.92. The third-order valence-electron chi connectivity index (χ3n) is 2.54. The van der Waals surface area contributed by atoms with Gasteiger partial charge in [0.25, 0.3) is 0 Å². The lowest BCUT2D eigenvalue weighted by molar-refractivity contribution is -0.274. The number of nitriles is 1. The summed E-state index contributed by atoms with van der Waals surface area (Å²) in [4.78, 5) is 0. The Morgan fingerprint density at radius 3 is 2.15 bits per heavy atom. The fraction of sp³-hybridized carbons (Fsp3) is 0.0714. The van der Waals surface area contributed by atoms with Crippen LogP contribution in [0.2, 0.25) is 0 Å². The fourth-order valence-corrected chi connectivity index (χ4v) is 1.65. The summed E-state index contributed by atoms with van der Waals surface area (Å²) in [5.74, 6) is -0.464. The number of nitrogens with zero attached hydrogens (tertiary/aromatic N) is 1. The summed E-state index contributed by atoms with van der Waals surface area (Å²) in [6, 6.07) is 11.4. The Kier molecular flexibility index (Phi) is 3.53. The molecule has 6 heteroatoms. The largest absolute Gasteiger partial charge is 0.573 e. The van der Waals surface area contributed by atoms with E-state index in [4.69, 9.17) is 5.26 Å². The quantitative estimate of drug-likeness (QED) is 0.908. The van der Waals surface area contributed by atoms with Gasteiger partial charge < -0.3 is 9.84 Å². The first kappa shape index (κ1) is 13.7. The standard InChI is InChI=1S/C14H8F3NO2/c15-14(16,17)20-12-4-1-9(2-5-12)10-3-6-13(19)11(7-10)8-18/h1-7,19H. The Morgan fingerprint density at radius 1 is 1.00 bits per heavy atom. The average molecular weight is 279 g/mol. The number of rotatable bonds is 2. The summed E-state index contributed by atoms with van der Waals surface area (Å²) in [6.45, 7) is 0. The van der Waals surface area contributed by atoms with Gasteiger partial charge in [0, 0.05) is 0 Å². The van der Waals surface area contributed by atoms with Crippen molar-refractivity contribution >= 4 is 0 Å². The molecule has 0 fully saturated rings. The van der Waals surface area contributed by atoms with E-state index in [-0.39, 0.29) is 17.1 Å². The highest BCUT2D eigenvalue weighted by molar-refractivity contribution is 5.67. The van der Waals surface area contributed by atoms with E-state index < -0.39 is 6.36 Å². The number of benzene rings is 2. The Morgan fingerprint density at radius 2 is 1.60 bits per heavy atom. The monoisotopic (exact) mass is 279 g/mol. The fourth-order valence-electron chi connectivity index (χ4n) is 1.65. The van der Waals surface area contributed by atoms with Crippen LogP contribution in [0, 0.1) is 11.3 Å². The Hall–Kier alpha value is -2.68. The maximum Gasteiger partial charge on any atom is 0.573 e. The highest BCUT2D eigenvalue weighted by Crippen LogP contribution is 2.28. The van der Waals surface area contributed by atoms with Gasteiger partial charge in [-0.05, 0) is 35.4 Å². The third-order valence-corrected chi connectivity index (χ3v) is 2.54. The molecule has 0 saturated heterocycles. The van der Waals surface area contributed by atoms with E-state index >= 15 is 0 Å². The molecule has 1 N–H and O–H groups in total. The maximum absolute atomic E-state index is 12.0. The lowest BCUT2D eigenvalue weighted by atomic mass is 10.0. The van der Waals surface area contributed by atoms with E-state index in [1.807, 2.05) is 6.07 Å². The zero-order valence-corrected chi connectivity index (χ0v) is 9.98. The van der Waals surface area contributed by atoms with Gasteiger partial charge in [-0.15, -0.1) is 13.2 Å². The first-order valence-corrected chi connectivity index (χ1v) is 5.48. The number of halogens is 3. The minimum absolute atomic E-state index is 0.0955. The number of hydrogen-bond donors (Lipinski definition) is 1. The maximum atomic E-state index is 12.0. The first-order valence-electron chi connectivity index (χ1n) is 5.48. The molecule has 0 spiro atoms. The number of phenols is 1. The summed E-state index contributed by atoms with van der Waals surface area (Å²) in [5.41, 5.74) is 1.31. The van der Waals surface area contributed by atoms with Crippen LogP contribution in [-0.4, -0.2) is 11.5 Å². The van der Waals surface area contributed by atoms with E-state index in [1.54, 1.807) is 6.07 Å². The summed E-state index contributed by atoms with van der Waals surface area (Å²) in [5, 5.41) is 18.2. The Balaban J connectivity index is 2.29. The molecule has 0 amide bonds. The average Bonchev–Trinajstić information content (AvgIpc) is 2.38. The van der Waals surface area contributed by atoms with Crippen LogP contribution in [0.15, 0.2) is 42.5 Å². The van der Waals surface area contributed by atoms with E-state index in [0.717, 1.165) is 0 Å². The normalized spacial score (nSPS) is 10.9.